The molecular formula is C16H28N2O. The molecule has 3 heteroatoms. The standard InChI is InChI=1S/C16H28N2O/c1-10(2)18-14(6)11(3)8-15-13(5)16(19-7)12(4)9-17-15/h9-11,14,18H,8H2,1-7H3. The molecule has 0 bridgehead atoms. The molecule has 0 spiro atoms. The number of nitrogens with zero attached hydrogens (tertiary/aromatic N) is 1. The summed E-state index contributed by atoms with van der Waals surface area (Å²) in [6, 6.07) is 0.993. The van der Waals surface area contributed by atoms with Crippen LogP contribution in [0.25, 0.3) is 0 Å². The van der Waals surface area contributed by atoms with E-state index in [2.05, 4.69) is 44.9 Å². The van der Waals surface area contributed by atoms with E-state index in [0.29, 0.717) is 18.0 Å². The number of aryl methyl sites for hydroxylation is 1. The van der Waals surface area contributed by atoms with Crippen molar-refractivity contribution in [2.24, 2.45) is 5.92 Å². The van der Waals surface area contributed by atoms with Crippen molar-refractivity contribution in [1.82, 2.24) is 10.3 Å². The van der Waals surface area contributed by atoms with Crippen molar-refractivity contribution in [3.63, 3.8) is 0 Å². The van der Waals surface area contributed by atoms with E-state index in [1.165, 1.54) is 5.56 Å². The molecule has 19 heavy (non-hydrogen) atoms. The van der Waals surface area contributed by atoms with E-state index in [1.807, 2.05) is 13.1 Å². The summed E-state index contributed by atoms with van der Waals surface area (Å²) in [7, 11) is 1.73. The fraction of sp³-hybridized carbons (Fsp3) is 0.688. The van der Waals surface area contributed by atoms with Crippen LogP contribution in [0.3, 0.4) is 0 Å². The number of hydrogen-bond acceptors (Lipinski definition) is 3. The molecule has 2 unspecified atom stereocenters. The van der Waals surface area contributed by atoms with Crippen molar-refractivity contribution in [3.8, 4) is 5.75 Å². The molecule has 0 aliphatic carbocycles. The van der Waals surface area contributed by atoms with Crippen LogP contribution in [0.4, 0.5) is 0 Å². The molecule has 1 rings (SSSR count). The predicted molar refractivity (Wildman–Crippen MR) is 80.9 cm³/mol. The zero-order valence-electron chi connectivity index (χ0n) is 13.4. The molecule has 1 heterocycles. The first-order valence-corrected chi connectivity index (χ1v) is 7.11. The number of ether oxygens (including phenoxy) is 1. The molecule has 0 radical (unpaired) electrons. The molecule has 2 atom stereocenters. The Bertz CT molecular complexity index is 415. The first-order chi connectivity index (χ1) is 8.86. The van der Waals surface area contributed by atoms with Gasteiger partial charge < -0.3 is 10.1 Å². The molecule has 0 aliphatic rings. The van der Waals surface area contributed by atoms with E-state index in [4.69, 9.17) is 4.74 Å². The second-order valence-electron chi connectivity index (χ2n) is 5.84. The summed E-state index contributed by atoms with van der Waals surface area (Å²) < 4.78 is 5.47. The van der Waals surface area contributed by atoms with Gasteiger partial charge >= 0.3 is 0 Å². The monoisotopic (exact) mass is 264 g/mol. The van der Waals surface area contributed by atoms with Crippen LogP contribution in [-0.4, -0.2) is 24.2 Å². The maximum absolute atomic E-state index is 5.47. The van der Waals surface area contributed by atoms with Crippen LogP contribution in [0.5, 0.6) is 5.75 Å². The lowest BCUT2D eigenvalue weighted by molar-refractivity contribution is 0.367. The van der Waals surface area contributed by atoms with E-state index < -0.39 is 0 Å². The summed E-state index contributed by atoms with van der Waals surface area (Å²) >= 11 is 0. The van der Waals surface area contributed by atoms with Gasteiger partial charge in [-0.3, -0.25) is 4.98 Å². The van der Waals surface area contributed by atoms with Gasteiger partial charge in [-0.15, -0.1) is 0 Å². The van der Waals surface area contributed by atoms with Crippen LogP contribution >= 0.6 is 0 Å². The van der Waals surface area contributed by atoms with Gasteiger partial charge in [0.05, 0.1) is 7.11 Å². The molecule has 108 valence electrons. The van der Waals surface area contributed by atoms with Gasteiger partial charge in [-0.05, 0) is 33.1 Å². The summed E-state index contributed by atoms with van der Waals surface area (Å²) in [4.78, 5) is 4.58. The lowest BCUT2D eigenvalue weighted by Gasteiger charge is -2.24. The van der Waals surface area contributed by atoms with Gasteiger partial charge in [-0.25, -0.2) is 0 Å². The Kier molecular flexibility index (Phi) is 5.80. The summed E-state index contributed by atoms with van der Waals surface area (Å²) in [6.07, 6.45) is 2.89. The lowest BCUT2D eigenvalue weighted by atomic mass is 9.94. The number of pyridine rings is 1. The molecule has 0 aliphatic heterocycles. The van der Waals surface area contributed by atoms with Gasteiger partial charge in [-0.2, -0.15) is 0 Å². The second-order valence-corrected chi connectivity index (χ2v) is 5.84. The fourth-order valence-electron chi connectivity index (χ4n) is 2.45. The van der Waals surface area contributed by atoms with Crippen LogP contribution < -0.4 is 10.1 Å². The van der Waals surface area contributed by atoms with Crippen LogP contribution in [0.1, 0.15) is 44.5 Å². The Morgan fingerprint density at radius 1 is 1.21 bits per heavy atom. The molecule has 1 aromatic rings. The highest BCUT2D eigenvalue weighted by molar-refractivity contribution is 5.41. The van der Waals surface area contributed by atoms with Crippen molar-refractivity contribution >= 4 is 0 Å². The van der Waals surface area contributed by atoms with Crippen LogP contribution in [-0.2, 0) is 6.42 Å². The van der Waals surface area contributed by atoms with E-state index in [9.17, 15) is 0 Å². The number of nitrogens with one attached hydrogen (secondary N) is 1. The van der Waals surface area contributed by atoms with Gasteiger partial charge in [0.15, 0.2) is 0 Å². The van der Waals surface area contributed by atoms with E-state index in [-0.39, 0.29) is 0 Å². The second kappa shape index (κ2) is 6.90. The highest BCUT2D eigenvalue weighted by Gasteiger charge is 2.17. The minimum Gasteiger partial charge on any atom is -0.496 e. The van der Waals surface area contributed by atoms with E-state index in [1.54, 1.807) is 7.11 Å². The van der Waals surface area contributed by atoms with Crippen molar-refractivity contribution in [3.05, 3.63) is 23.0 Å². The quantitative estimate of drug-likeness (QED) is 0.856. The largest absolute Gasteiger partial charge is 0.496 e. The number of aromatic nitrogens is 1. The number of methoxy groups -OCH3 is 1. The summed E-state index contributed by atoms with van der Waals surface area (Å²) in [6.45, 7) is 13.0. The van der Waals surface area contributed by atoms with Crippen molar-refractivity contribution < 1.29 is 4.74 Å². The van der Waals surface area contributed by atoms with E-state index >= 15 is 0 Å². The van der Waals surface area contributed by atoms with Gasteiger partial charge in [0, 0.05) is 35.1 Å². The normalized spacial score (nSPS) is 14.5. The van der Waals surface area contributed by atoms with Crippen molar-refractivity contribution in [2.75, 3.05) is 7.11 Å². The lowest BCUT2D eigenvalue weighted by Crippen LogP contribution is -2.37. The molecule has 0 saturated carbocycles. The Hall–Kier alpha value is -1.09. The zero-order chi connectivity index (χ0) is 14.6. The number of hydrogen-bond donors (Lipinski definition) is 1. The molecule has 0 amide bonds. The maximum atomic E-state index is 5.47. The number of rotatable bonds is 6. The third kappa shape index (κ3) is 4.20. The SMILES string of the molecule is COc1c(C)cnc(CC(C)C(C)NC(C)C)c1C. The van der Waals surface area contributed by atoms with Gasteiger partial charge in [0.1, 0.15) is 5.75 Å². The Balaban J connectivity index is 2.82. The Morgan fingerprint density at radius 2 is 1.84 bits per heavy atom. The van der Waals surface area contributed by atoms with E-state index in [0.717, 1.165) is 23.4 Å². The molecule has 0 aromatic carbocycles. The average molecular weight is 264 g/mol. The van der Waals surface area contributed by atoms with Crippen LogP contribution in [0.2, 0.25) is 0 Å². The maximum Gasteiger partial charge on any atom is 0.128 e. The average Bonchev–Trinajstić information content (AvgIpc) is 2.32. The summed E-state index contributed by atoms with van der Waals surface area (Å²) in [5, 5.41) is 3.56. The summed E-state index contributed by atoms with van der Waals surface area (Å²) in [5.74, 6) is 1.52. The highest BCUT2D eigenvalue weighted by Crippen LogP contribution is 2.26. The first kappa shape index (κ1) is 16.0. The molecule has 1 aromatic heterocycles. The smallest absolute Gasteiger partial charge is 0.128 e. The first-order valence-electron chi connectivity index (χ1n) is 7.11. The van der Waals surface area contributed by atoms with Crippen LogP contribution in [0.15, 0.2) is 6.20 Å². The molecular weight excluding hydrogens is 236 g/mol. The molecule has 3 nitrogen and oxygen atoms in total. The minimum atomic E-state index is 0.480. The third-order valence-corrected chi connectivity index (χ3v) is 3.71. The Morgan fingerprint density at radius 3 is 2.37 bits per heavy atom. The van der Waals surface area contributed by atoms with Gasteiger partial charge in [0.25, 0.3) is 0 Å². The third-order valence-electron chi connectivity index (χ3n) is 3.71. The van der Waals surface area contributed by atoms with Gasteiger partial charge in [-0.1, -0.05) is 20.8 Å². The van der Waals surface area contributed by atoms with Crippen molar-refractivity contribution in [1.29, 1.82) is 0 Å². The predicted octanol–water partition coefficient (Wildman–Crippen LogP) is 3.27. The van der Waals surface area contributed by atoms with Crippen molar-refractivity contribution in [2.45, 2.75) is 60.0 Å². The highest BCUT2D eigenvalue weighted by atomic mass is 16.5. The molecule has 0 fully saturated rings. The topological polar surface area (TPSA) is 34.1 Å². The minimum absolute atomic E-state index is 0.480. The summed E-state index contributed by atoms with van der Waals surface area (Å²) in [5.41, 5.74) is 3.42. The Labute approximate surface area is 117 Å². The molecule has 1 N–H and O–H groups in total. The van der Waals surface area contributed by atoms with Crippen LogP contribution in [0, 0.1) is 19.8 Å². The fourth-order valence-corrected chi connectivity index (χ4v) is 2.45. The molecule has 0 saturated heterocycles. The zero-order valence-corrected chi connectivity index (χ0v) is 13.4. The van der Waals surface area contributed by atoms with Gasteiger partial charge in [0.2, 0.25) is 0 Å².